The number of carbonyl (C=O) groups excluding carboxylic acids is 1. The van der Waals surface area contributed by atoms with Crippen LogP contribution in [0.3, 0.4) is 0 Å². The molecule has 5 nitrogen and oxygen atoms in total. The summed E-state index contributed by atoms with van der Waals surface area (Å²) < 4.78 is 1.70. The van der Waals surface area contributed by atoms with Crippen molar-refractivity contribution in [2.75, 3.05) is 5.75 Å². The first kappa shape index (κ1) is 20.0. The lowest BCUT2D eigenvalue weighted by atomic mass is 9.97. The molecule has 3 aromatic rings. The van der Waals surface area contributed by atoms with Crippen LogP contribution in [0.25, 0.3) is 5.65 Å². The quantitative estimate of drug-likeness (QED) is 0.542. The minimum Gasteiger partial charge on any atom is -0.349 e. The van der Waals surface area contributed by atoms with Crippen molar-refractivity contribution in [3.05, 3.63) is 58.2 Å². The lowest BCUT2D eigenvalue weighted by Crippen LogP contribution is -2.30. The van der Waals surface area contributed by atoms with Gasteiger partial charge in [0.1, 0.15) is 0 Å². The molecule has 0 aliphatic heterocycles. The summed E-state index contributed by atoms with van der Waals surface area (Å²) in [5, 5.41) is 12.8. The summed E-state index contributed by atoms with van der Waals surface area (Å²) in [4.78, 5) is 12.5. The molecule has 2 heterocycles. The molecule has 0 aliphatic carbocycles. The van der Waals surface area contributed by atoms with Gasteiger partial charge in [-0.25, -0.2) is 0 Å². The summed E-state index contributed by atoms with van der Waals surface area (Å²) in [5.41, 5.74) is 1.63. The lowest BCUT2D eigenvalue weighted by Gasteiger charge is -2.21. The molecule has 0 saturated carbocycles. The number of nitrogens with one attached hydrogen (secondary N) is 1. The molecule has 0 radical (unpaired) electrons. The van der Waals surface area contributed by atoms with Crippen LogP contribution in [0.4, 0.5) is 0 Å². The number of carbonyl (C=O) groups is 1. The third-order valence-corrected chi connectivity index (χ3v) is 5.40. The Kier molecular flexibility index (Phi) is 6.63. The van der Waals surface area contributed by atoms with Gasteiger partial charge in [-0.1, -0.05) is 79.1 Å². The summed E-state index contributed by atoms with van der Waals surface area (Å²) in [6.45, 7) is 4.29. The highest BCUT2D eigenvalue weighted by Crippen LogP contribution is 2.26. The predicted molar refractivity (Wildman–Crippen MR) is 111 cm³/mol. The maximum atomic E-state index is 12.5. The van der Waals surface area contributed by atoms with Gasteiger partial charge in [0.05, 0.1) is 21.8 Å². The van der Waals surface area contributed by atoms with Crippen molar-refractivity contribution < 1.29 is 4.79 Å². The number of pyridine rings is 1. The Hall–Kier alpha value is -1.76. The fraction of sp³-hybridized carbons (Fsp3) is 0.316. The Morgan fingerprint density at radius 1 is 1.22 bits per heavy atom. The van der Waals surface area contributed by atoms with Crippen LogP contribution in [0.2, 0.25) is 10.0 Å². The molecular formula is C19H20Cl2N4OS. The van der Waals surface area contributed by atoms with Crippen molar-refractivity contribution in [3.8, 4) is 0 Å². The molecule has 0 aliphatic rings. The van der Waals surface area contributed by atoms with E-state index in [-0.39, 0.29) is 17.7 Å². The van der Waals surface area contributed by atoms with E-state index in [9.17, 15) is 4.79 Å². The fourth-order valence-electron chi connectivity index (χ4n) is 2.80. The number of aromatic nitrogens is 3. The Labute approximate surface area is 172 Å². The van der Waals surface area contributed by atoms with Crippen LogP contribution in [0, 0.1) is 5.92 Å². The van der Waals surface area contributed by atoms with E-state index in [1.165, 1.54) is 11.8 Å². The fourth-order valence-corrected chi connectivity index (χ4v) is 4.03. The van der Waals surface area contributed by atoms with Gasteiger partial charge in [0.15, 0.2) is 10.8 Å². The molecule has 0 bridgehead atoms. The minimum absolute atomic E-state index is 0.0154. The first-order valence-corrected chi connectivity index (χ1v) is 10.3. The number of nitrogens with zero attached hydrogens (tertiary/aromatic N) is 3. The molecule has 0 saturated heterocycles. The first-order valence-electron chi connectivity index (χ1n) is 8.61. The topological polar surface area (TPSA) is 59.3 Å². The number of hydrogen-bond donors (Lipinski definition) is 1. The highest BCUT2D eigenvalue weighted by molar-refractivity contribution is 7.99. The molecule has 1 N–H and O–H groups in total. The van der Waals surface area contributed by atoms with Gasteiger partial charge in [0.2, 0.25) is 5.91 Å². The Bertz CT molecular complexity index is 930. The number of amides is 1. The smallest absolute Gasteiger partial charge is 0.230 e. The lowest BCUT2D eigenvalue weighted by molar-refractivity contribution is -0.119. The number of rotatable bonds is 7. The molecule has 0 spiro atoms. The number of hydrogen-bond acceptors (Lipinski definition) is 4. The Morgan fingerprint density at radius 3 is 2.67 bits per heavy atom. The second-order valence-electron chi connectivity index (χ2n) is 6.63. The first-order chi connectivity index (χ1) is 12.9. The zero-order valence-electron chi connectivity index (χ0n) is 15.0. The summed E-state index contributed by atoms with van der Waals surface area (Å²) in [5.74, 6) is 0.638. The van der Waals surface area contributed by atoms with Crippen LogP contribution < -0.4 is 5.32 Å². The van der Waals surface area contributed by atoms with Crippen LogP contribution in [-0.2, 0) is 4.79 Å². The molecule has 2 aromatic heterocycles. The van der Waals surface area contributed by atoms with Crippen LogP contribution >= 0.6 is 35.0 Å². The van der Waals surface area contributed by atoms with Crippen molar-refractivity contribution in [2.24, 2.45) is 5.92 Å². The van der Waals surface area contributed by atoms with E-state index in [2.05, 4.69) is 29.4 Å². The van der Waals surface area contributed by atoms with Crippen LogP contribution in [-0.4, -0.2) is 26.3 Å². The third-order valence-electron chi connectivity index (χ3n) is 3.97. The van der Waals surface area contributed by atoms with Crippen molar-refractivity contribution >= 4 is 46.5 Å². The molecule has 1 amide bonds. The summed E-state index contributed by atoms with van der Waals surface area (Å²) >= 11 is 13.5. The van der Waals surface area contributed by atoms with Gasteiger partial charge in [-0.2, -0.15) is 0 Å². The third kappa shape index (κ3) is 5.15. The van der Waals surface area contributed by atoms with Gasteiger partial charge in [-0.3, -0.25) is 9.20 Å². The highest BCUT2D eigenvalue weighted by Gasteiger charge is 2.17. The number of thioether (sulfide) groups is 1. The zero-order valence-corrected chi connectivity index (χ0v) is 17.4. The average Bonchev–Trinajstić information content (AvgIpc) is 3.03. The van der Waals surface area contributed by atoms with Crippen molar-refractivity contribution in [1.82, 2.24) is 19.9 Å². The number of benzene rings is 1. The van der Waals surface area contributed by atoms with E-state index >= 15 is 0 Å². The van der Waals surface area contributed by atoms with Gasteiger partial charge in [-0.05, 0) is 24.0 Å². The summed E-state index contributed by atoms with van der Waals surface area (Å²) in [6.07, 6.45) is 2.56. The second kappa shape index (κ2) is 8.95. The molecule has 1 atom stereocenters. The Morgan fingerprint density at radius 2 is 1.96 bits per heavy atom. The SMILES string of the molecule is CC(C)CC(NC(=O)CSc1nnc2c(Cl)cc(Cl)cn12)c1ccccc1. The van der Waals surface area contributed by atoms with Gasteiger partial charge >= 0.3 is 0 Å². The molecule has 142 valence electrons. The van der Waals surface area contributed by atoms with E-state index < -0.39 is 0 Å². The molecule has 0 fully saturated rings. The summed E-state index contributed by atoms with van der Waals surface area (Å²) in [6, 6.07) is 11.6. The van der Waals surface area contributed by atoms with E-state index in [0.29, 0.717) is 26.8 Å². The second-order valence-corrected chi connectivity index (χ2v) is 8.42. The minimum atomic E-state index is -0.0561. The van der Waals surface area contributed by atoms with Crippen molar-refractivity contribution in [3.63, 3.8) is 0 Å². The normalized spacial score (nSPS) is 12.5. The van der Waals surface area contributed by atoms with Crippen LogP contribution in [0.15, 0.2) is 47.8 Å². The largest absolute Gasteiger partial charge is 0.349 e. The van der Waals surface area contributed by atoms with E-state index in [1.807, 2.05) is 30.3 Å². The number of halogens is 2. The monoisotopic (exact) mass is 422 g/mol. The molecule has 1 aromatic carbocycles. The maximum Gasteiger partial charge on any atom is 0.230 e. The number of fused-ring (bicyclic) bond motifs is 1. The maximum absolute atomic E-state index is 12.5. The van der Waals surface area contributed by atoms with Gasteiger partial charge in [0.25, 0.3) is 0 Å². The molecule has 27 heavy (non-hydrogen) atoms. The zero-order chi connectivity index (χ0) is 19.4. The highest BCUT2D eigenvalue weighted by atomic mass is 35.5. The van der Waals surface area contributed by atoms with Gasteiger partial charge in [0, 0.05) is 6.20 Å². The molecule has 8 heteroatoms. The Balaban J connectivity index is 1.68. The molecule has 1 unspecified atom stereocenters. The van der Waals surface area contributed by atoms with E-state index in [1.54, 1.807) is 16.7 Å². The molecule has 3 rings (SSSR count). The van der Waals surface area contributed by atoms with Crippen molar-refractivity contribution in [2.45, 2.75) is 31.5 Å². The van der Waals surface area contributed by atoms with Crippen molar-refractivity contribution in [1.29, 1.82) is 0 Å². The standard InChI is InChI=1S/C19H20Cl2N4OS/c1-12(2)8-16(13-6-4-3-5-7-13)22-17(26)11-27-19-24-23-18-15(21)9-14(20)10-25(18)19/h3-7,9-10,12,16H,8,11H2,1-2H3,(H,22,26). The average molecular weight is 423 g/mol. The predicted octanol–water partition coefficient (Wildman–Crippen LogP) is 5.03. The van der Waals surface area contributed by atoms with Gasteiger partial charge < -0.3 is 5.32 Å². The summed E-state index contributed by atoms with van der Waals surface area (Å²) in [7, 11) is 0. The van der Waals surface area contributed by atoms with Crippen LogP contribution in [0.1, 0.15) is 31.9 Å². The van der Waals surface area contributed by atoms with E-state index in [0.717, 1.165) is 12.0 Å². The molecular weight excluding hydrogens is 403 g/mol. The van der Waals surface area contributed by atoms with Gasteiger partial charge in [-0.15, -0.1) is 10.2 Å². The van der Waals surface area contributed by atoms with Crippen LogP contribution in [0.5, 0.6) is 0 Å². The van der Waals surface area contributed by atoms with E-state index in [4.69, 9.17) is 23.2 Å².